The van der Waals surface area contributed by atoms with Crippen LogP contribution < -0.4 is 5.32 Å². The summed E-state index contributed by atoms with van der Waals surface area (Å²) in [7, 11) is 0. The lowest BCUT2D eigenvalue weighted by atomic mass is 10.2. The molecule has 0 radical (unpaired) electrons. The van der Waals surface area contributed by atoms with Gasteiger partial charge in [0.25, 0.3) is 0 Å². The third-order valence-corrected chi connectivity index (χ3v) is 3.69. The molecular weight excluding hydrogens is 230 g/mol. The van der Waals surface area contributed by atoms with Crippen molar-refractivity contribution in [1.82, 2.24) is 15.3 Å². The van der Waals surface area contributed by atoms with Crippen LogP contribution in [0, 0.1) is 12.8 Å². The van der Waals surface area contributed by atoms with Crippen molar-refractivity contribution >= 4 is 23.4 Å². The van der Waals surface area contributed by atoms with Gasteiger partial charge in [0.1, 0.15) is 5.15 Å². The lowest BCUT2D eigenvalue weighted by Gasteiger charge is -2.06. The lowest BCUT2D eigenvalue weighted by Crippen LogP contribution is -2.10. The second-order valence-corrected chi connectivity index (χ2v) is 5.16. The highest BCUT2D eigenvalue weighted by Gasteiger charge is 2.15. The molecule has 1 fully saturated rings. The number of halogens is 1. The number of rotatable bonds is 3. The van der Waals surface area contributed by atoms with E-state index in [2.05, 4.69) is 15.3 Å². The summed E-state index contributed by atoms with van der Waals surface area (Å²) >= 11 is 7.57. The Morgan fingerprint density at radius 2 is 2.47 bits per heavy atom. The Morgan fingerprint density at radius 3 is 3.13 bits per heavy atom. The van der Waals surface area contributed by atoms with Gasteiger partial charge in [-0.2, -0.15) is 0 Å². The van der Waals surface area contributed by atoms with Crippen molar-refractivity contribution in [3.63, 3.8) is 0 Å². The molecule has 1 aromatic rings. The van der Waals surface area contributed by atoms with Gasteiger partial charge in [0.05, 0.1) is 0 Å². The molecule has 0 aromatic carbocycles. The number of nitrogens with zero attached hydrogens (tertiary/aromatic N) is 2. The maximum absolute atomic E-state index is 5.87. The SMILES string of the molecule is Cc1cc(Cl)nc(SC[C@H]2CCNC2)n1. The van der Waals surface area contributed by atoms with Crippen LogP contribution in [0.5, 0.6) is 0 Å². The summed E-state index contributed by atoms with van der Waals surface area (Å²) in [5.41, 5.74) is 0.932. The Balaban J connectivity index is 1.92. The summed E-state index contributed by atoms with van der Waals surface area (Å²) in [4.78, 5) is 8.53. The van der Waals surface area contributed by atoms with Gasteiger partial charge in [-0.1, -0.05) is 23.4 Å². The molecule has 3 nitrogen and oxygen atoms in total. The minimum absolute atomic E-state index is 0.537. The Labute approximate surface area is 99.0 Å². The summed E-state index contributed by atoms with van der Waals surface area (Å²) in [5, 5.41) is 4.69. The average molecular weight is 244 g/mol. The minimum atomic E-state index is 0.537. The molecule has 1 atom stereocenters. The number of hydrogen-bond donors (Lipinski definition) is 1. The van der Waals surface area contributed by atoms with E-state index in [1.807, 2.05) is 6.92 Å². The molecule has 1 N–H and O–H groups in total. The van der Waals surface area contributed by atoms with Crippen molar-refractivity contribution in [2.45, 2.75) is 18.5 Å². The van der Waals surface area contributed by atoms with Crippen LogP contribution in [0.4, 0.5) is 0 Å². The van der Waals surface area contributed by atoms with Gasteiger partial charge in [-0.3, -0.25) is 0 Å². The number of aryl methyl sites for hydroxylation is 1. The quantitative estimate of drug-likeness (QED) is 0.502. The fraction of sp³-hybridized carbons (Fsp3) is 0.600. The van der Waals surface area contributed by atoms with Crippen LogP contribution in [-0.2, 0) is 0 Å². The second-order valence-electron chi connectivity index (χ2n) is 3.78. The summed E-state index contributed by atoms with van der Waals surface area (Å²) < 4.78 is 0. The molecule has 1 aromatic heterocycles. The highest BCUT2D eigenvalue weighted by atomic mass is 35.5. The Morgan fingerprint density at radius 1 is 1.60 bits per heavy atom. The minimum Gasteiger partial charge on any atom is -0.316 e. The molecule has 0 spiro atoms. The zero-order valence-corrected chi connectivity index (χ0v) is 10.2. The first-order valence-corrected chi connectivity index (χ1v) is 6.45. The highest BCUT2D eigenvalue weighted by Crippen LogP contribution is 2.21. The van der Waals surface area contributed by atoms with E-state index < -0.39 is 0 Å². The van der Waals surface area contributed by atoms with Gasteiger partial charge in [0.15, 0.2) is 5.16 Å². The zero-order valence-electron chi connectivity index (χ0n) is 8.66. The monoisotopic (exact) mass is 243 g/mol. The number of nitrogens with one attached hydrogen (secondary N) is 1. The molecule has 0 bridgehead atoms. The first-order chi connectivity index (χ1) is 7.24. The van der Waals surface area contributed by atoms with Gasteiger partial charge in [0.2, 0.25) is 0 Å². The average Bonchev–Trinajstić information content (AvgIpc) is 2.65. The molecule has 0 unspecified atom stereocenters. The van der Waals surface area contributed by atoms with Gasteiger partial charge in [0, 0.05) is 11.4 Å². The van der Waals surface area contributed by atoms with Gasteiger partial charge in [-0.25, -0.2) is 9.97 Å². The first-order valence-electron chi connectivity index (χ1n) is 5.09. The van der Waals surface area contributed by atoms with Crippen LogP contribution in [0.2, 0.25) is 5.15 Å². The normalized spacial score (nSPS) is 20.8. The van der Waals surface area contributed by atoms with Gasteiger partial charge < -0.3 is 5.32 Å². The number of aromatic nitrogens is 2. The predicted molar refractivity (Wildman–Crippen MR) is 63.5 cm³/mol. The summed E-state index contributed by atoms with van der Waals surface area (Å²) in [6, 6.07) is 1.78. The molecule has 0 amide bonds. The van der Waals surface area contributed by atoms with Crippen molar-refractivity contribution < 1.29 is 0 Å². The van der Waals surface area contributed by atoms with Crippen molar-refractivity contribution in [1.29, 1.82) is 0 Å². The van der Waals surface area contributed by atoms with E-state index in [1.165, 1.54) is 6.42 Å². The van der Waals surface area contributed by atoms with Crippen LogP contribution >= 0.6 is 23.4 Å². The van der Waals surface area contributed by atoms with E-state index in [4.69, 9.17) is 11.6 Å². The van der Waals surface area contributed by atoms with Crippen molar-refractivity contribution in [3.05, 3.63) is 16.9 Å². The lowest BCUT2D eigenvalue weighted by molar-refractivity contribution is 0.661. The number of hydrogen-bond acceptors (Lipinski definition) is 4. The first kappa shape index (κ1) is 11.2. The van der Waals surface area contributed by atoms with Crippen LogP contribution in [0.1, 0.15) is 12.1 Å². The largest absolute Gasteiger partial charge is 0.316 e. The molecular formula is C10H14ClN3S. The molecule has 0 aliphatic carbocycles. The van der Waals surface area contributed by atoms with E-state index in [-0.39, 0.29) is 0 Å². The fourth-order valence-electron chi connectivity index (χ4n) is 1.62. The Hall–Kier alpha value is -0.320. The molecule has 2 rings (SSSR count). The third kappa shape index (κ3) is 3.33. The van der Waals surface area contributed by atoms with E-state index in [0.29, 0.717) is 5.15 Å². The van der Waals surface area contributed by atoms with Gasteiger partial charge in [-0.05, 0) is 38.4 Å². The van der Waals surface area contributed by atoms with Crippen LogP contribution in [0.3, 0.4) is 0 Å². The standard InChI is InChI=1S/C10H14ClN3S/c1-7-4-9(11)14-10(13-7)15-6-8-2-3-12-5-8/h4,8,12H,2-3,5-6H2,1H3/t8-/m0/s1. The van der Waals surface area contributed by atoms with E-state index in [1.54, 1.807) is 17.8 Å². The maximum atomic E-state index is 5.87. The third-order valence-electron chi connectivity index (χ3n) is 2.41. The van der Waals surface area contributed by atoms with E-state index >= 15 is 0 Å². The smallest absolute Gasteiger partial charge is 0.189 e. The van der Waals surface area contributed by atoms with Crippen molar-refractivity contribution in [2.75, 3.05) is 18.8 Å². The Bertz CT molecular complexity index is 319. The molecule has 1 aliphatic heterocycles. The molecule has 82 valence electrons. The van der Waals surface area contributed by atoms with Crippen LogP contribution in [0.25, 0.3) is 0 Å². The topological polar surface area (TPSA) is 37.8 Å². The van der Waals surface area contributed by atoms with Crippen molar-refractivity contribution in [3.8, 4) is 0 Å². The second kappa shape index (κ2) is 5.14. The van der Waals surface area contributed by atoms with Crippen molar-refractivity contribution in [2.24, 2.45) is 5.92 Å². The number of thioether (sulfide) groups is 1. The van der Waals surface area contributed by atoms with E-state index in [9.17, 15) is 0 Å². The highest BCUT2D eigenvalue weighted by molar-refractivity contribution is 7.99. The predicted octanol–water partition coefficient (Wildman–Crippen LogP) is 2.14. The summed E-state index contributed by atoms with van der Waals surface area (Å²) in [6.07, 6.45) is 1.26. The molecule has 5 heteroatoms. The van der Waals surface area contributed by atoms with E-state index in [0.717, 1.165) is 35.6 Å². The molecule has 15 heavy (non-hydrogen) atoms. The molecule has 1 aliphatic rings. The summed E-state index contributed by atoms with van der Waals surface area (Å²) in [6.45, 7) is 4.20. The maximum Gasteiger partial charge on any atom is 0.189 e. The molecule has 2 heterocycles. The fourth-order valence-corrected chi connectivity index (χ4v) is 2.95. The molecule has 1 saturated heterocycles. The molecule has 0 saturated carbocycles. The van der Waals surface area contributed by atoms with Gasteiger partial charge in [-0.15, -0.1) is 0 Å². The Kier molecular flexibility index (Phi) is 3.83. The zero-order chi connectivity index (χ0) is 10.7. The van der Waals surface area contributed by atoms with Crippen LogP contribution in [0.15, 0.2) is 11.2 Å². The van der Waals surface area contributed by atoms with Gasteiger partial charge >= 0.3 is 0 Å². The van der Waals surface area contributed by atoms with Crippen LogP contribution in [-0.4, -0.2) is 28.8 Å². The summed E-state index contributed by atoms with van der Waals surface area (Å²) in [5.74, 6) is 1.82.